The van der Waals surface area contributed by atoms with Gasteiger partial charge in [0, 0.05) is 28.1 Å². The summed E-state index contributed by atoms with van der Waals surface area (Å²) >= 11 is 14.0. The van der Waals surface area contributed by atoms with E-state index in [1.165, 1.54) is 12.1 Å². The molecule has 0 aliphatic carbocycles. The molecule has 0 bridgehead atoms. The lowest BCUT2D eigenvalue weighted by Gasteiger charge is -2.24. The van der Waals surface area contributed by atoms with Gasteiger partial charge < -0.3 is 10.1 Å². The monoisotopic (exact) mass is 600 g/mol. The fraction of sp³-hybridized carbons (Fsp3) is 0.138. The summed E-state index contributed by atoms with van der Waals surface area (Å²) in [6.45, 7) is -0.0220. The zero-order valence-electron chi connectivity index (χ0n) is 20.8. The lowest BCUT2D eigenvalue weighted by Crippen LogP contribution is -2.41. The summed E-state index contributed by atoms with van der Waals surface area (Å²) < 4.78 is 34.0. The van der Waals surface area contributed by atoms with Gasteiger partial charge in [-0.3, -0.25) is 9.10 Å². The second-order valence-electron chi connectivity index (χ2n) is 8.34. The van der Waals surface area contributed by atoms with Gasteiger partial charge in [0.25, 0.3) is 10.0 Å². The highest BCUT2D eigenvalue weighted by Crippen LogP contribution is 2.29. The van der Waals surface area contributed by atoms with Gasteiger partial charge in [-0.15, -0.1) is 0 Å². The van der Waals surface area contributed by atoms with Crippen molar-refractivity contribution in [3.05, 3.63) is 119 Å². The van der Waals surface area contributed by atoms with Crippen molar-refractivity contribution in [2.45, 2.75) is 10.6 Å². The first-order valence-corrected chi connectivity index (χ1v) is 15.4. The summed E-state index contributed by atoms with van der Waals surface area (Å²) in [5.41, 5.74) is 1.19. The largest absolute Gasteiger partial charge is 0.457 e. The number of hydrogen-bond donors (Lipinski definition) is 1. The van der Waals surface area contributed by atoms with Crippen LogP contribution >= 0.6 is 35.0 Å². The summed E-state index contributed by atoms with van der Waals surface area (Å²) in [5, 5.41) is 4.01. The number of rotatable bonds is 12. The van der Waals surface area contributed by atoms with E-state index in [0.29, 0.717) is 45.3 Å². The number of ether oxygens (including phenoxy) is 1. The molecule has 4 aromatic carbocycles. The van der Waals surface area contributed by atoms with Crippen LogP contribution in [-0.2, 0) is 20.6 Å². The van der Waals surface area contributed by atoms with Crippen LogP contribution in [0.4, 0.5) is 5.69 Å². The predicted molar refractivity (Wildman–Crippen MR) is 160 cm³/mol. The van der Waals surface area contributed by atoms with Crippen LogP contribution in [0.25, 0.3) is 0 Å². The number of nitrogens with zero attached hydrogens (tertiary/aromatic N) is 1. The van der Waals surface area contributed by atoms with E-state index in [2.05, 4.69) is 5.32 Å². The Morgan fingerprint density at radius 3 is 2.03 bits per heavy atom. The van der Waals surface area contributed by atoms with Crippen molar-refractivity contribution in [1.82, 2.24) is 5.32 Å². The second kappa shape index (κ2) is 13.8. The molecule has 0 atom stereocenters. The fourth-order valence-corrected chi connectivity index (χ4v) is 6.67. The van der Waals surface area contributed by atoms with E-state index in [1.54, 1.807) is 72.4 Å². The maximum absolute atomic E-state index is 13.5. The molecule has 1 N–H and O–H groups in total. The Kier molecular flexibility index (Phi) is 10.2. The smallest absolute Gasteiger partial charge is 0.264 e. The van der Waals surface area contributed by atoms with Crippen LogP contribution in [0.3, 0.4) is 0 Å². The molecule has 39 heavy (non-hydrogen) atoms. The molecule has 0 aliphatic heterocycles. The predicted octanol–water partition coefficient (Wildman–Crippen LogP) is 7.03. The number of benzene rings is 4. The summed E-state index contributed by atoms with van der Waals surface area (Å²) in [7, 11) is -4.00. The van der Waals surface area contributed by atoms with Crippen molar-refractivity contribution in [2.75, 3.05) is 23.1 Å². The van der Waals surface area contributed by atoms with Gasteiger partial charge in [0.05, 0.1) is 10.6 Å². The quantitative estimate of drug-likeness (QED) is 0.177. The highest BCUT2D eigenvalue weighted by molar-refractivity contribution is 7.98. The zero-order chi connectivity index (χ0) is 27.7. The highest BCUT2D eigenvalue weighted by atomic mass is 35.5. The number of thioether (sulfide) groups is 1. The number of carbonyl (C=O) groups is 1. The number of carbonyl (C=O) groups excluding carboxylic acids is 1. The molecule has 0 saturated carbocycles. The molecular formula is C29H26Cl2N2O4S2. The molecule has 4 rings (SSSR count). The third-order valence-electron chi connectivity index (χ3n) is 5.60. The summed E-state index contributed by atoms with van der Waals surface area (Å²) in [6.07, 6.45) is 0. The molecule has 10 heteroatoms. The number of anilines is 1. The van der Waals surface area contributed by atoms with Crippen molar-refractivity contribution < 1.29 is 17.9 Å². The average Bonchev–Trinajstić information content (AvgIpc) is 2.94. The zero-order valence-corrected chi connectivity index (χ0v) is 23.9. The fourth-order valence-electron chi connectivity index (χ4n) is 3.63. The van der Waals surface area contributed by atoms with Gasteiger partial charge in [0.15, 0.2) is 0 Å². The molecule has 0 spiro atoms. The lowest BCUT2D eigenvalue weighted by molar-refractivity contribution is -0.119. The van der Waals surface area contributed by atoms with Gasteiger partial charge >= 0.3 is 0 Å². The molecule has 0 saturated heterocycles. The molecule has 0 aliphatic rings. The average molecular weight is 602 g/mol. The topological polar surface area (TPSA) is 75.7 Å². The number of sulfonamides is 1. The Labute approximate surface area is 243 Å². The minimum Gasteiger partial charge on any atom is -0.457 e. The first-order valence-electron chi connectivity index (χ1n) is 12.0. The van der Waals surface area contributed by atoms with Crippen LogP contribution in [-0.4, -0.2) is 33.2 Å². The number of para-hydroxylation sites is 1. The Balaban J connectivity index is 1.42. The lowest BCUT2D eigenvalue weighted by atomic mass is 10.2. The van der Waals surface area contributed by atoms with Gasteiger partial charge in [0.1, 0.15) is 18.0 Å². The molecule has 6 nitrogen and oxygen atoms in total. The molecule has 4 aromatic rings. The van der Waals surface area contributed by atoms with Crippen molar-refractivity contribution in [3.8, 4) is 11.5 Å². The summed E-state index contributed by atoms with van der Waals surface area (Å²) in [4.78, 5) is 13.0. The van der Waals surface area contributed by atoms with E-state index < -0.39 is 15.9 Å². The molecule has 1 amide bonds. The molecular weight excluding hydrogens is 575 g/mol. The van der Waals surface area contributed by atoms with Crippen LogP contribution in [0.15, 0.2) is 108 Å². The van der Waals surface area contributed by atoms with Gasteiger partial charge in [0.2, 0.25) is 5.91 Å². The van der Waals surface area contributed by atoms with E-state index in [9.17, 15) is 13.2 Å². The van der Waals surface area contributed by atoms with Crippen molar-refractivity contribution in [3.63, 3.8) is 0 Å². The van der Waals surface area contributed by atoms with Gasteiger partial charge in [-0.1, -0.05) is 65.7 Å². The van der Waals surface area contributed by atoms with Crippen molar-refractivity contribution in [1.29, 1.82) is 0 Å². The molecule has 0 radical (unpaired) electrons. The molecule has 0 aromatic heterocycles. The first-order chi connectivity index (χ1) is 18.8. The maximum atomic E-state index is 13.5. The number of nitrogens with one attached hydrogen (secondary N) is 1. The highest BCUT2D eigenvalue weighted by Gasteiger charge is 2.27. The minimum absolute atomic E-state index is 0.0922. The standard InChI is InChI=1S/C29H26Cl2N2O4S2/c30-27-12-7-13-28(31)26(27)21-38-19-18-32-29(34)20-33(39(35,36)25-10-5-2-6-11-25)22-14-16-24(17-15-22)37-23-8-3-1-4-9-23/h1-17H,18-21H2,(H,32,34). The maximum Gasteiger partial charge on any atom is 0.264 e. The Morgan fingerprint density at radius 1 is 0.795 bits per heavy atom. The van der Waals surface area contributed by atoms with E-state index >= 15 is 0 Å². The van der Waals surface area contributed by atoms with Crippen LogP contribution in [0.1, 0.15) is 5.56 Å². The normalized spacial score (nSPS) is 11.1. The van der Waals surface area contributed by atoms with Crippen LogP contribution in [0.5, 0.6) is 11.5 Å². The summed E-state index contributed by atoms with van der Waals surface area (Å²) in [5.74, 6) is 1.98. The van der Waals surface area contributed by atoms with Crippen molar-refractivity contribution in [2.24, 2.45) is 0 Å². The Bertz CT molecular complexity index is 1470. The second-order valence-corrected chi connectivity index (χ2v) is 12.1. The SMILES string of the molecule is O=C(CN(c1ccc(Oc2ccccc2)cc1)S(=O)(=O)c1ccccc1)NCCSCc1c(Cl)cccc1Cl. The molecule has 202 valence electrons. The van der Waals surface area contributed by atoms with Gasteiger partial charge in [-0.05, 0) is 66.2 Å². The Morgan fingerprint density at radius 2 is 1.38 bits per heavy atom. The third kappa shape index (κ3) is 7.92. The number of hydrogen-bond acceptors (Lipinski definition) is 5. The van der Waals surface area contributed by atoms with E-state index in [4.69, 9.17) is 27.9 Å². The molecule has 0 heterocycles. The Hall–Kier alpha value is -3.17. The number of amides is 1. The molecule has 0 unspecified atom stereocenters. The van der Waals surface area contributed by atoms with E-state index in [-0.39, 0.29) is 11.4 Å². The van der Waals surface area contributed by atoms with Crippen molar-refractivity contribution >= 4 is 56.6 Å². The van der Waals surface area contributed by atoms with Gasteiger partial charge in [-0.25, -0.2) is 8.42 Å². The molecule has 0 fully saturated rings. The van der Waals surface area contributed by atoms with Crippen LogP contribution in [0, 0.1) is 0 Å². The van der Waals surface area contributed by atoms with E-state index in [1.807, 2.05) is 30.3 Å². The summed E-state index contributed by atoms with van der Waals surface area (Å²) in [6, 6.07) is 29.2. The van der Waals surface area contributed by atoms with Crippen LogP contribution < -0.4 is 14.4 Å². The third-order valence-corrected chi connectivity index (χ3v) is 9.08. The first kappa shape index (κ1) is 28.8. The number of halogens is 2. The van der Waals surface area contributed by atoms with E-state index in [0.717, 1.165) is 9.87 Å². The van der Waals surface area contributed by atoms with Gasteiger partial charge in [-0.2, -0.15) is 11.8 Å². The minimum atomic E-state index is -4.00. The van der Waals surface area contributed by atoms with Crippen LogP contribution in [0.2, 0.25) is 10.0 Å².